The van der Waals surface area contributed by atoms with Crippen LogP contribution in [0.3, 0.4) is 0 Å². The van der Waals surface area contributed by atoms with Gasteiger partial charge in [-0.1, -0.05) is 28.1 Å². The summed E-state index contributed by atoms with van der Waals surface area (Å²) in [5.74, 6) is 0.756. The zero-order valence-corrected chi connectivity index (χ0v) is 14.1. The van der Waals surface area contributed by atoms with E-state index in [-0.39, 0.29) is 0 Å². The van der Waals surface area contributed by atoms with Crippen LogP contribution in [0.5, 0.6) is 11.5 Å². The van der Waals surface area contributed by atoms with Crippen molar-refractivity contribution in [1.82, 2.24) is 0 Å². The second-order valence-electron chi connectivity index (χ2n) is 5.01. The molecule has 0 bridgehead atoms. The summed E-state index contributed by atoms with van der Waals surface area (Å²) in [7, 11) is 1.61. The fourth-order valence-electron chi connectivity index (χ4n) is 2.32. The third-order valence-corrected chi connectivity index (χ3v) is 3.93. The molecule has 2 aromatic rings. The molecule has 2 aromatic carbocycles. The molecule has 1 saturated heterocycles. The van der Waals surface area contributed by atoms with Crippen LogP contribution >= 0.6 is 15.9 Å². The Morgan fingerprint density at radius 3 is 2.52 bits per heavy atom. The molecule has 0 atom stereocenters. The highest BCUT2D eigenvalue weighted by Gasteiger charge is 2.26. The molecule has 0 unspecified atom stereocenters. The van der Waals surface area contributed by atoms with Gasteiger partial charge in [0, 0.05) is 4.47 Å². The van der Waals surface area contributed by atoms with E-state index in [0.29, 0.717) is 35.6 Å². The highest BCUT2D eigenvalue weighted by atomic mass is 79.9. The maximum atomic E-state index is 14.3. The van der Waals surface area contributed by atoms with Crippen LogP contribution in [0.2, 0.25) is 0 Å². The summed E-state index contributed by atoms with van der Waals surface area (Å²) in [5.41, 5.74) is 1.24. The normalized spacial score (nSPS) is 14.9. The molecule has 122 valence electrons. The monoisotopic (exact) mass is 382 g/mol. The van der Waals surface area contributed by atoms with E-state index in [9.17, 15) is 4.39 Å². The van der Waals surface area contributed by atoms with E-state index in [0.717, 1.165) is 11.3 Å². The third kappa shape index (κ3) is 3.83. The van der Waals surface area contributed by atoms with Gasteiger partial charge in [-0.25, -0.2) is 4.39 Å². The zero-order chi connectivity index (χ0) is 16.2. The van der Waals surface area contributed by atoms with Gasteiger partial charge in [-0.2, -0.15) is 0 Å². The summed E-state index contributed by atoms with van der Waals surface area (Å²) < 4.78 is 36.6. The summed E-state index contributed by atoms with van der Waals surface area (Å²) in [6.07, 6.45) is -0.728. The van der Waals surface area contributed by atoms with Gasteiger partial charge >= 0.3 is 0 Å². The van der Waals surface area contributed by atoms with Crippen LogP contribution in [0.4, 0.5) is 4.39 Å². The number of rotatable bonds is 5. The lowest BCUT2D eigenvalue weighted by Crippen LogP contribution is -2.07. The van der Waals surface area contributed by atoms with Gasteiger partial charge in [0.15, 0.2) is 6.29 Å². The SMILES string of the molecule is COc1ccc(COc2cc(Br)cc(F)c2C2OCCO2)cc1. The number of hydrogen-bond acceptors (Lipinski definition) is 4. The van der Waals surface area contributed by atoms with Crippen molar-refractivity contribution in [2.75, 3.05) is 20.3 Å². The van der Waals surface area contributed by atoms with Crippen molar-refractivity contribution >= 4 is 15.9 Å². The number of halogens is 2. The van der Waals surface area contributed by atoms with E-state index in [1.165, 1.54) is 6.07 Å². The van der Waals surface area contributed by atoms with Crippen molar-refractivity contribution in [3.05, 3.63) is 57.8 Å². The first-order chi connectivity index (χ1) is 11.2. The Morgan fingerprint density at radius 2 is 1.87 bits per heavy atom. The number of ether oxygens (including phenoxy) is 4. The lowest BCUT2D eigenvalue weighted by atomic mass is 10.1. The van der Waals surface area contributed by atoms with Crippen molar-refractivity contribution in [2.24, 2.45) is 0 Å². The van der Waals surface area contributed by atoms with Gasteiger partial charge in [0.05, 0.1) is 25.9 Å². The molecule has 1 aliphatic heterocycles. The van der Waals surface area contributed by atoms with Crippen molar-refractivity contribution in [1.29, 1.82) is 0 Å². The predicted molar refractivity (Wildman–Crippen MR) is 86.1 cm³/mol. The fraction of sp³-hybridized carbons (Fsp3) is 0.294. The first kappa shape index (κ1) is 16.2. The van der Waals surface area contributed by atoms with Crippen molar-refractivity contribution in [3.63, 3.8) is 0 Å². The molecule has 3 rings (SSSR count). The van der Waals surface area contributed by atoms with Gasteiger partial charge < -0.3 is 18.9 Å². The quantitative estimate of drug-likeness (QED) is 0.775. The molecule has 4 nitrogen and oxygen atoms in total. The lowest BCUT2D eigenvalue weighted by molar-refractivity contribution is -0.0483. The van der Waals surface area contributed by atoms with E-state index in [2.05, 4.69) is 15.9 Å². The molecule has 0 spiro atoms. The summed E-state index contributed by atoms with van der Waals surface area (Å²) >= 11 is 3.28. The Balaban J connectivity index is 1.80. The van der Waals surface area contributed by atoms with E-state index in [4.69, 9.17) is 18.9 Å². The Kier molecular flexibility index (Phi) is 5.15. The van der Waals surface area contributed by atoms with Gasteiger partial charge in [-0.3, -0.25) is 0 Å². The molecular weight excluding hydrogens is 367 g/mol. The molecular formula is C17H16BrFO4. The van der Waals surface area contributed by atoms with Crippen LogP contribution in [-0.4, -0.2) is 20.3 Å². The molecule has 0 saturated carbocycles. The second kappa shape index (κ2) is 7.29. The first-order valence-electron chi connectivity index (χ1n) is 7.15. The smallest absolute Gasteiger partial charge is 0.190 e. The zero-order valence-electron chi connectivity index (χ0n) is 12.6. The molecule has 1 heterocycles. The molecule has 0 aromatic heterocycles. The van der Waals surface area contributed by atoms with E-state index >= 15 is 0 Å². The van der Waals surface area contributed by atoms with Crippen molar-refractivity contribution < 1.29 is 23.3 Å². The minimum Gasteiger partial charge on any atom is -0.497 e. The Hall–Kier alpha value is -1.63. The fourth-order valence-corrected chi connectivity index (χ4v) is 2.73. The maximum Gasteiger partial charge on any atom is 0.190 e. The Bertz CT molecular complexity index is 669. The highest BCUT2D eigenvalue weighted by Crippen LogP contribution is 2.36. The Morgan fingerprint density at radius 1 is 1.17 bits per heavy atom. The van der Waals surface area contributed by atoms with Crippen molar-refractivity contribution in [2.45, 2.75) is 12.9 Å². The lowest BCUT2D eigenvalue weighted by Gasteiger charge is -2.17. The van der Waals surface area contributed by atoms with E-state index in [1.54, 1.807) is 13.2 Å². The summed E-state index contributed by atoms with van der Waals surface area (Å²) in [5, 5.41) is 0. The topological polar surface area (TPSA) is 36.9 Å². The van der Waals surface area contributed by atoms with Gasteiger partial charge in [0.2, 0.25) is 0 Å². The van der Waals surface area contributed by atoms with Crippen molar-refractivity contribution in [3.8, 4) is 11.5 Å². The molecule has 0 radical (unpaired) electrons. The highest BCUT2D eigenvalue weighted by molar-refractivity contribution is 9.10. The summed E-state index contributed by atoms with van der Waals surface area (Å²) in [6.45, 7) is 1.19. The largest absolute Gasteiger partial charge is 0.497 e. The maximum absolute atomic E-state index is 14.3. The third-order valence-electron chi connectivity index (χ3n) is 3.47. The molecule has 0 N–H and O–H groups in total. The second-order valence-corrected chi connectivity index (χ2v) is 5.93. The number of benzene rings is 2. The molecule has 23 heavy (non-hydrogen) atoms. The number of methoxy groups -OCH3 is 1. The summed E-state index contributed by atoms with van der Waals surface area (Å²) in [6, 6.07) is 10.6. The predicted octanol–water partition coefficient (Wildman–Crippen LogP) is 4.22. The van der Waals surface area contributed by atoms with Gasteiger partial charge in [0.25, 0.3) is 0 Å². The van der Waals surface area contributed by atoms with Gasteiger partial charge in [-0.15, -0.1) is 0 Å². The van der Waals surface area contributed by atoms with Crippen LogP contribution < -0.4 is 9.47 Å². The first-order valence-corrected chi connectivity index (χ1v) is 7.94. The standard InChI is InChI=1S/C17H16BrFO4/c1-20-13-4-2-11(3-5-13)10-23-15-9-12(18)8-14(19)16(15)17-21-6-7-22-17/h2-5,8-9,17H,6-7,10H2,1H3. The van der Waals surface area contributed by atoms with Gasteiger partial charge in [-0.05, 0) is 29.8 Å². The van der Waals surface area contributed by atoms with Crippen LogP contribution in [0.1, 0.15) is 17.4 Å². The minimum atomic E-state index is -0.728. The average Bonchev–Trinajstić information content (AvgIpc) is 3.06. The van der Waals surface area contributed by atoms with E-state index < -0.39 is 12.1 Å². The molecule has 0 amide bonds. The van der Waals surface area contributed by atoms with Crippen LogP contribution in [0.25, 0.3) is 0 Å². The van der Waals surface area contributed by atoms with Crippen LogP contribution in [0, 0.1) is 5.82 Å². The molecule has 0 aliphatic carbocycles. The average molecular weight is 383 g/mol. The number of hydrogen-bond donors (Lipinski definition) is 0. The molecule has 6 heteroatoms. The minimum absolute atomic E-state index is 0.291. The van der Waals surface area contributed by atoms with Gasteiger partial charge in [0.1, 0.15) is 23.9 Å². The summed E-state index contributed by atoms with van der Waals surface area (Å²) in [4.78, 5) is 0. The van der Waals surface area contributed by atoms with Crippen LogP contribution in [-0.2, 0) is 16.1 Å². The molecule has 1 aliphatic rings. The van der Waals surface area contributed by atoms with Crippen LogP contribution in [0.15, 0.2) is 40.9 Å². The van der Waals surface area contributed by atoms with E-state index in [1.807, 2.05) is 24.3 Å². The Labute approximate surface area is 142 Å². The molecule has 1 fully saturated rings.